The van der Waals surface area contributed by atoms with Gasteiger partial charge in [0.1, 0.15) is 0 Å². The monoisotopic (exact) mass is 301 g/mol. The summed E-state index contributed by atoms with van der Waals surface area (Å²) < 4.78 is 55.9. The summed E-state index contributed by atoms with van der Waals surface area (Å²) in [6.45, 7) is 0. The Balaban J connectivity index is 2.28. The van der Waals surface area contributed by atoms with E-state index < -0.39 is 29.3 Å². The van der Waals surface area contributed by atoms with Gasteiger partial charge in [-0.15, -0.1) is 0 Å². The minimum Gasteiger partial charge on any atom is -0.478 e. The average molecular weight is 301 g/mol. The molecule has 0 fully saturated rings. The predicted octanol–water partition coefficient (Wildman–Crippen LogP) is 3.73. The van der Waals surface area contributed by atoms with Gasteiger partial charge in [0.2, 0.25) is 5.88 Å². The normalized spacial score (nSPS) is 11.2. The maximum atomic E-state index is 13.4. The van der Waals surface area contributed by atoms with Crippen LogP contribution in [0.4, 0.5) is 17.6 Å². The topological polar surface area (TPSA) is 59.4 Å². The molecule has 2 rings (SSSR count). The number of carboxylic acid groups (broad SMARTS) is 1. The first kappa shape index (κ1) is 14.8. The molecule has 0 saturated carbocycles. The van der Waals surface area contributed by atoms with Crippen molar-refractivity contribution in [2.45, 2.75) is 6.18 Å². The van der Waals surface area contributed by atoms with Crippen LogP contribution in [-0.2, 0) is 6.18 Å². The molecule has 0 aliphatic carbocycles. The van der Waals surface area contributed by atoms with E-state index in [1.807, 2.05) is 0 Å². The quantitative estimate of drug-likeness (QED) is 0.878. The molecule has 0 spiro atoms. The Hall–Kier alpha value is -2.64. The molecule has 0 radical (unpaired) electrons. The number of rotatable bonds is 3. The number of carboxylic acids is 1. The number of hydrogen-bond donors (Lipinski definition) is 1. The zero-order valence-electron chi connectivity index (χ0n) is 10.2. The van der Waals surface area contributed by atoms with Crippen LogP contribution in [-0.4, -0.2) is 16.1 Å². The second kappa shape index (κ2) is 5.39. The van der Waals surface area contributed by atoms with Gasteiger partial charge in [-0.3, -0.25) is 0 Å². The van der Waals surface area contributed by atoms with Crippen LogP contribution < -0.4 is 4.74 Å². The molecule has 4 nitrogen and oxygen atoms in total. The highest BCUT2D eigenvalue weighted by molar-refractivity contribution is 5.87. The summed E-state index contributed by atoms with van der Waals surface area (Å²) in [5.74, 6) is -3.09. The fourth-order valence-corrected chi connectivity index (χ4v) is 1.44. The van der Waals surface area contributed by atoms with Crippen LogP contribution in [0.15, 0.2) is 36.5 Å². The molecule has 110 valence electrons. The Morgan fingerprint density at radius 1 is 1.19 bits per heavy atom. The van der Waals surface area contributed by atoms with Crippen LogP contribution in [0.1, 0.15) is 15.9 Å². The molecule has 1 aromatic carbocycles. The molecular weight excluding hydrogens is 294 g/mol. The highest BCUT2D eigenvalue weighted by Crippen LogP contribution is 2.33. The molecule has 1 N–H and O–H groups in total. The number of carbonyl (C=O) groups is 1. The lowest BCUT2D eigenvalue weighted by atomic mass is 10.2. The average Bonchev–Trinajstić information content (AvgIpc) is 2.40. The zero-order chi connectivity index (χ0) is 15.6. The van der Waals surface area contributed by atoms with Crippen LogP contribution in [0.5, 0.6) is 11.6 Å². The van der Waals surface area contributed by atoms with Crippen molar-refractivity contribution in [1.82, 2.24) is 4.98 Å². The van der Waals surface area contributed by atoms with Gasteiger partial charge in [-0.05, 0) is 24.3 Å². The number of pyridine rings is 1. The molecule has 0 unspecified atom stereocenters. The van der Waals surface area contributed by atoms with Crippen molar-refractivity contribution >= 4 is 5.97 Å². The summed E-state index contributed by atoms with van der Waals surface area (Å²) in [7, 11) is 0. The van der Waals surface area contributed by atoms with E-state index in [2.05, 4.69) is 4.98 Å². The lowest BCUT2D eigenvalue weighted by Crippen LogP contribution is -2.05. The first-order chi connectivity index (χ1) is 9.77. The van der Waals surface area contributed by atoms with E-state index in [0.29, 0.717) is 18.2 Å². The molecule has 0 aliphatic heterocycles. The fourth-order valence-electron chi connectivity index (χ4n) is 1.44. The van der Waals surface area contributed by atoms with Crippen LogP contribution in [0.2, 0.25) is 0 Å². The van der Waals surface area contributed by atoms with Crippen molar-refractivity contribution in [1.29, 1.82) is 0 Å². The van der Waals surface area contributed by atoms with E-state index in [-0.39, 0.29) is 11.4 Å². The molecule has 1 heterocycles. The third kappa shape index (κ3) is 3.47. The summed E-state index contributed by atoms with van der Waals surface area (Å²) in [5.41, 5.74) is -1.20. The highest BCUT2D eigenvalue weighted by Gasteiger charge is 2.31. The second-order valence-electron chi connectivity index (χ2n) is 3.94. The van der Waals surface area contributed by atoms with Gasteiger partial charge in [0.15, 0.2) is 11.6 Å². The van der Waals surface area contributed by atoms with Crippen LogP contribution >= 0.6 is 0 Å². The molecule has 8 heteroatoms. The van der Waals surface area contributed by atoms with Crippen molar-refractivity contribution in [3.63, 3.8) is 0 Å². The molecule has 2 aromatic rings. The van der Waals surface area contributed by atoms with E-state index >= 15 is 0 Å². The number of alkyl halides is 3. The Kier molecular flexibility index (Phi) is 3.79. The van der Waals surface area contributed by atoms with Crippen molar-refractivity contribution in [2.75, 3.05) is 0 Å². The lowest BCUT2D eigenvalue weighted by molar-refractivity contribution is -0.137. The van der Waals surface area contributed by atoms with Gasteiger partial charge in [0, 0.05) is 12.3 Å². The van der Waals surface area contributed by atoms with E-state index in [1.165, 1.54) is 0 Å². The summed E-state index contributed by atoms with van der Waals surface area (Å²) in [5, 5.41) is 8.67. The van der Waals surface area contributed by atoms with Gasteiger partial charge < -0.3 is 9.84 Å². The number of aromatic nitrogens is 1. The maximum Gasteiger partial charge on any atom is 0.416 e. The summed E-state index contributed by atoms with van der Waals surface area (Å²) in [4.78, 5) is 14.2. The minimum absolute atomic E-state index is 0.133. The summed E-state index contributed by atoms with van der Waals surface area (Å²) in [6.07, 6.45) is -3.68. The van der Waals surface area contributed by atoms with Crippen LogP contribution in [0.25, 0.3) is 0 Å². The second-order valence-corrected chi connectivity index (χ2v) is 3.94. The van der Waals surface area contributed by atoms with Gasteiger partial charge >= 0.3 is 12.1 Å². The maximum absolute atomic E-state index is 13.4. The van der Waals surface area contributed by atoms with E-state index in [0.717, 1.165) is 18.3 Å². The smallest absolute Gasteiger partial charge is 0.416 e. The predicted molar refractivity (Wildman–Crippen MR) is 62.7 cm³/mol. The van der Waals surface area contributed by atoms with Gasteiger partial charge in [-0.2, -0.15) is 13.2 Å². The Morgan fingerprint density at radius 3 is 2.43 bits per heavy atom. The van der Waals surface area contributed by atoms with Gasteiger partial charge in [0.25, 0.3) is 0 Å². The van der Waals surface area contributed by atoms with Crippen molar-refractivity contribution in [3.05, 3.63) is 53.5 Å². The molecule has 0 saturated heterocycles. The first-order valence-electron chi connectivity index (χ1n) is 5.51. The van der Waals surface area contributed by atoms with Crippen molar-refractivity contribution < 1.29 is 32.2 Å². The minimum atomic E-state index is -4.63. The SMILES string of the molecule is O=C(O)c1ccc(Oc2cc(C(F)(F)F)ccc2F)nc1. The molecule has 1 aromatic heterocycles. The third-order valence-electron chi connectivity index (χ3n) is 2.46. The number of halogens is 4. The Labute approximate surface area is 115 Å². The summed E-state index contributed by atoms with van der Waals surface area (Å²) in [6, 6.07) is 3.97. The number of benzene rings is 1. The standard InChI is InChI=1S/C13H7F4NO3/c14-9-3-2-8(13(15,16)17)5-10(9)21-11-4-1-7(6-18-11)12(19)20/h1-6H,(H,19,20). The largest absolute Gasteiger partial charge is 0.478 e. The van der Waals surface area contributed by atoms with E-state index in [1.54, 1.807) is 0 Å². The van der Waals surface area contributed by atoms with Crippen molar-refractivity contribution in [2.24, 2.45) is 0 Å². The highest BCUT2D eigenvalue weighted by atomic mass is 19.4. The molecule has 0 aliphatic rings. The van der Waals surface area contributed by atoms with Gasteiger partial charge in [0.05, 0.1) is 11.1 Å². The van der Waals surface area contributed by atoms with Crippen LogP contribution in [0.3, 0.4) is 0 Å². The van der Waals surface area contributed by atoms with Gasteiger partial charge in [-0.1, -0.05) is 0 Å². The molecular formula is C13H7F4NO3. The molecule has 0 atom stereocenters. The summed E-state index contributed by atoms with van der Waals surface area (Å²) >= 11 is 0. The number of hydrogen-bond acceptors (Lipinski definition) is 3. The van der Waals surface area contributed by atoms with Crippen molar-refractivity contribution in [3.8, 4) is 11.6 Å². The molecule has 21 heavy (non-hydrogen) atoms. The Morgan fingerprint density at radius 2 is 1.90 bits per heavy atom. The van der Waals surface area contributed by atoms with Crippen LogP contribution in [0, 0.1) is 5.82 Å². The van der Waals surface area contributed by atoms with Gasteiger partial charge in [-0.25, -0.2) is 14.2 Å². The Bertz CT molecular complexity index is 668. The number of aromatic carboxylic acids is 1. The number of ether oxygens (including phenoxy) is 1. The number of nitrogens with zero attached hydrogens (tertiary/aromatic N) is 1. The zero-order valence-corrected chi connectivity index (χ0v) is 10.2. The fraction of sp³-hybridized carbons (Fsp3) is 0.0769. The third-order valence-corrected chi connectivity index (χ3v) is 2.46. The lowest BCUT2D eigenvalue weighted by Gasteiger charge is -2.10. The molecule has 0 bridgehead atoms. The molecule has 0 amide bonds. The van der Waals surface area contributed by atoms with E-state index in [9.17, 15) is 22.4 Å². The van der Waals surface area contributed by atoms with E-state index in [4.69, 9.17) is 9.84 Å². The first-order valence-corrected chi connectivity index (χ1v) is 5.51.